The second-order valence-electron chi connectivity index (χ2n) is 13.1. The number of nitrogens with one attached hydrogen (secondary N) is 2. The molecule has 3 amide bonds. The van der Waals surface area contributed by atoms with Crippen LogP contribution in [-0.4, -0.2) is 45.6 Å². The number of para-hydroxylation sites is 2. The number of carbonyl (C=O) groups is 3. The zero-order chi connectivity index (χ0) is 31.8. The largest absolute Gasteiger partial charge is 0.508 e. The number of hydrogen-bond donors (Lipinski definition) is 3. The molecule has 0 fully saturated rings. The number of carbonyl (C=O) groups excluding carboxylic acids is 3. The first kappa shape index (κ1) is 34.7. The molecule has 0 heterocycles. The van der Waals surface area contributed by atoms with Crippen molar-refractivity contribution in [3.8, 4) is 5.75 Å². The number of phenols is 1. The Kier molecular flexibility index (Phi) is 12.4. The summed E-state index contributed by atoms with van der Waals surface area (Å²) in [5, 5.41) is 16.8. The normalized spacial score (nSPS) is 13.8. The summed E-state index contributed by atoms with van der Waals surface area (Å²) in [7, 11) is 0. The standard InChI is InChI=1S/C34H51N3O5/c1-21(2)18-19-25(7)37(32(40)27(20-22(3)4)35-33(41)42-34(8,9)10)30(26-16-11-12-17-28(26)38)31(39)36-29-23(5)14-13-15-24(29)6/h11-17,21-22,25,27,30,38H,18-20H2,1-10H3,(H,35,41)(H,36,39). The van der Waals surface area contributed by atoms with Gasteiger partial charge in [-0.2, -0.15) is 0 Å². The predicted octanol–water partition coefficient (Wildman–Crippen LogP) is 7.28. The van der Waals surface area contributed by atoms with Gasteiger partial charge in [-0.05, 0) is 89.8 Å². The second kappa shape index (κ2) is 15.1. The molecule has 0 aliphatic carbocycles. The van der Waals surface area contributed by atoms with Crippen molar-refractivity contribution in [2.24, 2.45) is 11.8 Å². The van der Waals surface area contributed by atoms with Gasteiger partial charge in [0, 0.05) is 17.3 Å². The van der Waals surface area contributed by atoms with Crippen LogP contribution in [0.2, 0.25) is 0 Å². The van der Waals surface area contributed by atoms with Crippen LogP contribution in [0, 0.1) is 25.7 Å². The first-order valence-electron chi connectivity index (χ1n) is 15.0. The fourth-order valence-corrected chi connectivity index (χ4v) is 4.97. The molecule has 0 aliphatic heterocycles. The highest BCUT2D eigenvalue weighted by atomic mass is 16.6. The summed E-state index contributed by atoms with van der Waals surface area (Å²) in [6.45, 7) is 19.2. The van der Waals surface area contributed by atoms with Crippen molar-refractivity contribution < 1.29 is 24.2 Å². The maximum Gasteiger partial charge on any atom is 0.408 e. The van der Waals surface area contributed by atoms with Crippen LogP contribution in [0.5, 0.6) is 5.75 Å². The molecule has 0 bridgehead atoms. The number of aromatic hydroxyl groups is 1. The van der Waals surface area contributed by atoms with Gasteiger partial charge in [-0.3, -0.25) is 9.59 Å². The molecule has 3 unspecified atom stereocenters. The average molecular weight is 582 g/mol. The molecule has 42 heavy (non-hydrogen) atoms. The summed E-state index contributed by atoms with van der Waals surface area (Å²) < 4.78 is 5.50. The molecule has 0 aromatic heterocycles. The number of hydrogen-bond acceptors (Lipinski definition) is 5. The molecule has 2 rings (SSSR count). The second-order valence-corrected chi connectivity index (χ2v) is 13.1. The summed E-state index contributed by atoms with van der Waals surface area (Å²) in [6.07, 6.45) is 1.10. The van der Waals surface area contributed by atoms with E-state index < -0.39 is 35.6 Å². The fraction of sp³-hybridized carbons (Fsp3) is 0.559. The van der Waals surface area contributed by atoms with E-state index in [2.05, 4.69) is 24.5 Å². The molecule has 232 valence electrons. The van der Waals surface area contributed by atoms with E-state index in [1.807, 2.05) is 52.8 Å². The van der Waals surface area contributed by atoms with Crippen LogP contribution in [0.3, 0.4) is 0 Å². The third-order valence-electron chi connectivity index (χ3n) is 7.07. The van der Waals surface area contributed by atoms with Gasteiger partial charge in [0.25, 0.3) is 5.91 Å². The third-order valence-corrected chi connectivity index (χ3v) is 7.07. The third kappa shape index (κ3) is 10.1. The lowest BCUT2D eigenvalue weighted by atomic mass is 9.94. The number of alkyl carbamates (subject to hydrolysis) is 1. The van der Waals surface area contributed by atoms with Gasteiger partial charge in [0.1, 0.15) is 23.4 Å². The van der Waals surface area contributed by atoms with E-state index in [1.54, 1.807) is 43.9 Å². The summed E-state index contributed by atoms with van der Waals surface area (Å²) in [5.74, 6) is -0.500. The zero-order valence-electron chi connectivity index (χ0n) is 27.1. The minimum atomic E-state index is -1.16. The molecule has 8 nitrogen and oxygen atoms in total. The van der Waals surface area contributed by atoms with Crippen LogP contribution in [0.1, 0.15) is 97.4 Å². The Morgan fingerprint density at radius 2 is 1.48 bits per heavy atom. The van der Waals surface area contributed by atoms with Crippen LogP contribution in [0.25, 0.3) is 0 Å². The number of aryl methyl sites for hydroxylation is 2. The number of rotatable bonds is 12. The smallest absolute Gasteiger partial charge is 0.408 e. The molecule has 0 aliphatic rings. The topological polar surface area (TPSA) is 108 Å². The van der Waals surface area contributed by atoms with E-state index in [0.29, 0.717) is 30.0 Å². The van der Waals surface area contributed by atoms with E-state index >= 15 is 0 Å². The highest BCUT2D eigenvalue weighted by Crippen LogP contribution is 2.34. The molecular formula is C34H51N3O5. The van der Waals surface area contributed by atoms with Crippen LogP contribution in [-0.2, 0) is 14.3 Å². The van der Waals surface area contributed by atoms with E-state index in [0.717, 1.165) is 17.5 Å². The van der Waals surface area contributed by atoms with Crippen molar-refractivity contribution in [3.63, 3.8) is 0 Å². The first-order valence-corrected chi connectivity index (χ1v) is 15.0. The van der Waals surface area contributed by atoms with Gasteiger partial charge >= 0.3 is 6.09 Å². The quantitative estimate of drug-likeness (QED) is 0.244. The average Bonchev–Trinajstić information content (AvgIpc) is 2.86. The molecule has 3 N–H and O–H groups in total. The number of phenolic OH excluding ortho intramolecular Hbond substituents is 1. The van der Waals surface area contributed by atoms with Gasteiger partial charge < -0.3 is 25.4 Å². The molecule has 0 radical (unpaired) electrons. The lowest BCUT2D eigenvalue weighted by molar-refractivity contribution is -0.144. The number of anilines is 1. The number of benzene rings is 2. The SMILES string of the molecule is Cc1cccc(C)c1NC(=O)C(c1ccccc1O)N(C(=O)C(CC(C)C)NC(=O)OC(C)(C)C)C(C)CCC(C)C. The molecular weight excluding hydrogens is 530 g/mol. The molecule has 2 aromatic carbocycles. The van der Waals surface area contributed by atoms with Gasteiger partial charge in [-0.25, -0.2) is 4.79 Å². The summed E-state index contributed by atoms with van der Waals surface area (Å²) in [5.41, 5.74) is 2.00. The Bertz CT molecular complexity index is 1200. The summed E-state index contributed by atoms with van der Waals surface area (Å²) >= 11 is 0. The number of nitrogens with zero attached hydrogens (tertiary/aromatic N) is 1. The van der Waals surface area contributed by atoms with Crippen LogP contribution >= 0.6 is 0 Å². The lowest BCUT2D eigenvalue weighted by Crippen LogP contribution is -2.55. The van der Waals surface area contributed by atoms with Gasteiger partial charge in [-0.1, -0.05) is 64.1 Å². The van der Waals surface area contributed by atoms with Crippen LogP contribution < -0.4 is 10.6 Å². The van der Waals surface area contributed by atoms with Crippen molar-refractivity contribution in [2.75, 3.05) is 5.32 Å². The van der Waals surface area contributed by atoms with Gasteiger partial charge in [-0.15, -0.1) is 0 Å². The van der Waals surface area contributed by atoms with Crippen molar-refractivity contribution in [1.29, 1.82) is 0 Å². The number of amides is 3. The van der Waals surface area contributed by atoms with Crippen molar-refractivity contribution in [3.05, 3.63) is 59.2 Å². The van der Waals surface area contributed by atoms with Gasteiger partial charge in [0.15, 0.2) is 0 Å². The molecule has 2 aromatic rings. The van der Waals surface area contributed by atoms with Crippen molar-refractivity contribution in [2.45, 2.75) is 112 Å². The Morgan fingerprint density at radius 3 is 2.00 bits per heavy atom. The maximum absolute atomic E-state index is 14.6. The van der Waals surface area contributed by atoms with Gasteiger partial charge in [0.2, 0.25) is 5.91 Å². The number of ether oxygens (including phenoxy) is 1. The Balaban J connectivity index is 2.69. The van der Waals surface area contributed by atoms with E-state index in [4.69, 9.17) is 4.74 Å². The Hall–Kier alpha value is -3.55. The lowest BCUT2D eigenvalue weighted by Gasteiger charge is -2.39. The van der Waals surface area contributed by atoms with Crippen LogP contribution in [0.4, 0.5) is 10.5 Å². The monoisotopic (exact) mass is 581 g/mol. The van der Waals surface area contributed by atoms with Gasteiger partial charge in [0.05, 0.1) is 0 Å². The summed E-state index contributed by atoms with van der Waals surface area (Å²) in [6, 6.07) is 9.85. The van der Waals surface area contributed by atoms with Crippen molar-refractivity contribution in [1.82, 2.24) is 10.2 Å². The Labute approximate surface area is 252 Å². The highest BCUT2D eigenvalue weighted by Gasteiger charge is 2.40. The first-order chi connectivity index (χ1) is 19.5. The van der Waals surface area contributed by atoms with Crippen LogP contribution in [0.15, 0.2) is 42.5 Å². The minimum Gasteiger partial charge on any atom is -0.508 e. The molecule has 8 heteroatoms. The maximum atomic E-state index is 14.6. The molecule has 0 spiro atoms. The highest BCUT2D eigenvalue weighted by molar-refractivity contribution is 6.00. The minimum absolute atomic E-state index is 0.0636. The summed E-state index contributed by atoms with van der Waals surface area (Å²) in [4.78, 5) is 43.3. The van der Waals surface area contributed by atoms with E-state index in [9.17, 15) is 19.5 Å². The molecule has 0 saturated heterocycles. The molecule has 3 atom stereocenters. The predicted molar refractivity (Wildman–Crippen MR) is 168 cm³/mol. The van der Waals surface area contributed by atoms with Crippen molar-refractivity contribution >= 4 is 23.6 Å². The zero-order valence-corrected chi connectivity index (χ0v) is 27.1. The molecule has 0 saturated carbocycles. The van der Waals surface area contributed by atoms with E-state index in [-0.39, 0.29) is 17.7 Å². The Morgan fingerprint density at radius 1 is 0.881 bits per heavy atom. The fourth-order valence-electron chi connectivity index (χ4n) is 4.97. The van der Waals surface area contributed by atoms with E-state index in [1.165, 1.54) is 6.07 Å².